The maximum Gasteiger partial charge on any atom is 0.125 e. The number of nitrogens with two attached hydrogens (primary N) is 1. The van der Waals surface area contributed by atoms with E-state index in [0.717, 1.165) is 5.69 Å². The molecule has 94 valence electrons. The predicted molar refractivity (Wildman–Crippen MR) is 70.1 cm³/mol. The largest absolute Gasteiger partial charge is 0.384 e. The van der Waals surface area contributed by atoms with E-state index >= 15 is 0 Å². The quantitative estimate of drug-likeness (QED) is 0.624. The number of hydrogen-bond acceptors (Lipinski definition) is 2. The molecule has 0 amide bonds. The van der Waals surface area contributed by atoms with Gasteiger partial charge >= 0.3 is 0 Å². The Morgan fingerprint density at radius 3 is 2.41 bits per heavy atom. The first-order valence-electron chi connectivity index (χ1n) is 5.71. The highest BCUT2D eigenvalue weighted by atomic mass is 19.1. The van der Waals surface area contributed by atoms with E-state index in [-0.39, 0.29) is 11.7 Å². The number of rotatable bonds is 4. The molecule has 0 saturated heterocycles. The van der Waals surface area contributed by atoms with Crippen LogP contribution in [-0.4, -0.2) is 18.9 Å². The normalized spacial score (nSPS) is 12.6. The topological polar surface area (TPSA) is 53.1 Å². The Balaban J connectivity index is 3.17. The first-order valence-corrected chi connectivity index (χ1v) is 5.71. The van der Waals surface area contributed by atoms with E-state index in [9.17, 15) is 4.39 Å². The van der Waals surface area contributed by atoms with Crippen LogP contribution >= 0.6 is 0 Å². The number of nitrogen functional groups attached to an aromatic ring is 1. The van der Waals surface area contributed by atoms with Crippen molar-refractivity contribution in [2.24, 2.45) is 11.7 Å². The van der Waals surface area contributed by atoms with Gasteiger partial charge in [-0.2, -0.15) is 0 Å². The molecule has 1 aromatic carbocycles. The minimum atomic E-state index is -0.371. The Bertz CT molecular complexity index is 415. The molecule has 0 heterocycles. The fourth-order valence-electron chi connectivity index (χ4n) is 1.70. The maximum atomic E-state index is 13.2. The van der Waals surface area contributed by atoms with Crippen molar-refractivity contribution in [3.63, 3.8) is 0 Å². The van der Waals surface area contributed by atoms with Gasteiger partial charge in [0.25, 0.3) is 0 Å². The van der Waals surface area contributed by atoms with E-state index in [2.05, 4.69) is 20.8 Å². The molecule has 17 heavy (non-hydrogen) atoms. The van der Waals surface area contributed by atoms with Gasteiger partial charge in [-0.3, -0.25) is 5.41 Å². The Labute approximate surface area is 102 Å². The number of anilines is 1. The number of benzene rings is 1. The first-order chi connectivity index (χ1) is 7.84. The Morgan fingerprint density at radius 2 is 1.94 bits per heavy atom. The number of halogens is 1. The highest BCUT2D eigenvalue weighted by Crippen LogP contribution is 2.24. The van der Waals surface area contributed by atoms with Crippen molar-refractivity contribution in [2.75, 3.05) is 11.9 Å². The SMILES string of the molecule is CC(C)C(C)N(C)c1ccc(F)cc1C(=N)N. The second kappa shape index (κ2) is 5.17. The van der Waals surface area contributed by atoms with Crippen LogP contribution in [0.15, 0.2) is 18.2 Å². The molecule has 4 heteroatoms. The van der Waals surface area contributed by atoms with E-state index in [1.165, 1.54) is 12.1 Å². The van der Waals surface area contributed by atoms with Gasteiger partial charge in [-0.05, 0) is 31.0 Å². The van der Waals surface area contributed by atoms with Crippen LogP contribution in [0.2, 0.25) is 0 Å². The molecule has 0 aliphatic carbocycles. The lowest BCUT2D eigenvalue weighted by Crippen LogP contribution is -2.34. The van der Waals surface area contributed by atoms with Crippen LogP contribution in [0.5, 0.6) is 0 Å². The summed E-state index contributed by atoms with van der Waals surface area (Å²) in [6.07, 6.45) is 0. The molecule has 0 saturated carbocycles. The molecule has 1 unspecified atom stereocenters. The van der Waals surface area contributed by atoms with Gasteiger partial charge in [0.15, 0.2) is 0 Å². The summed E-state index contributed by atoms with van der Waals surface area (Å²) in [7, 11) is 1.93. The van der Waals surface area contributed by atoms with Crippen molar-refractivity contribution in [3.05, 3.63) is 29.6 Å². The van der Waals surface area contributed by atoms with Crippen molar-refractivity contribution in [1.82, 2.24) is 0 Å². The summed E-state index contributed by atoms with van der Waals surface area (Å²) in [5, 5.41) is 7.50. The first kappa shape index (κ1) is 13.5. The Kier molecular flexibility index (Phi) is 4.10. The molecule has 0 bridgehead atoms. The lowest BCUT2D eigenvalue weighted by atomic mass is 10.0. The molecular weight excluding hydrogens is 217 g/mol. The molecule has 0 spiro atoms. The molecule has 0 radical (unpaired) electrons. The standard InChI is InChI=1S/C13H20FN3/c1-8(2)9(3)17(4)12-6-5-10(14)7-11(12)13(15)16/h5-9H,1-4H3,(H3,15,16). The van der Waals surface area contributed by atoms with Gasteiger partial charge < -0.3 is 10.6 Å². The summed E-state index contributed by atoms with van der Waals surface area (Å²) in [6, 6.07) is 4.66. The van der Waals surface area contributed by atoms with E-state index < -0.39 is 0 Å². The second-order valence-corrected chi connectivity index (χ2v) is 4.67. The summed E-state index contributed by atoms with van der Waals surface area (Å²) in [6.45, 7) is 6.34. The minimum Gasteiger partial charge on any atom is -0.384 e. The fourth-order valence-corrected chi connectivity index (χ4v) is 1.70. The van der Waals surface area contributed by atoms with Crippen LogP contribution in [-0.2, 0) is 0 Å². The highest BCUT2D eigenvalue weighted by Gasteiger charge is 2.17. The minimum absolute atomic E-state index is 0.109. The van der Waals surface area contributed by atoms with Gasteiger partial charge in [-0.1, -0.05) is 13.8 Å². The zero-order valence-electron chi connectivity index (χ0n) is 10.8. The second-order valence-electron chi connectivity index (χ2n) is 4.67. The monoisotopic (exact) mass is 237 g/mol. The van der Waals surface area contributed by atoms with Crippen LogP contribution < -0.4 is 10.6 Å². The molecule has 1 rings (SSSR count). The van der Waals surface area contributed by atoms with Gasteiger partial charge in [0.05, 0.1) is 0 Å². The van der Waals surface area contributed by atoms with Crippen LogP contribution in [0.1, 0.15) is 26.3 Å². The van der Waals surface area contributed by atoms with E-state index in [4.69, 9.17) is 11.1 Å². The number of nitrogens with zero attached hydrogens (tertiary/aromatic N) is 1. The third-order valence-electron chi connectivity index (χ3n) is 3.20. The van der Waals surface area contributed by atoms with Crippen LogP contribution in [0, 0.1) is 17.1 Å². The summed E-state index contributed by atoms with van der Waals surface area (Å²) in [5.74, 6) is -0.0169. The zero-order chi connectivity index (χ0) is 13.2. The summed E-state index contributed by atoms with van der Waals surface area (Å²) in [5.41, 5.74) is 6.72. The molecule has 1 atom stereocenters. The van der Waals surface area contributed by atoms with Crippen LogP contribution in [0.25, 0.3) is 0 Å². The molecule has 0 aromatic heterocycles. The zero-order valence-corrected chi connectivity index (χ0v) is 10.8. The van der Waals surface area contributed by atoms with E-state index in [1.54, 1.807) is 6.07 Å². The van der Waals surface area contributed by atoms with Crippen molar-refractivity contribution in [1.29, 1.82) is 5.41 Å². The number of nitrogens with one attached hydrogen (secondary N) is 1. The summed E-state index contributed by atoms with van der Waals surface area (Å²) in [4.78, 5) is 2.03. The predicted octanol–water partition coefficient (Wildman–Crippen LogP) is 2.59. The summed E-state index contributed by atoms with van der Waals surface area (Å²) >= 11 is 0. The van der Waals surface area contributed by atoms with Crippen LogP contribution in [0.4, 0.5) is 10.1 Å². The average molecular weight is 237 g/mol. The molecule has 3 nitrogen and oxygen atoms in total. The van der Waals surface area contributed by atoms with Gasteiger partial charge in [-0.15, -0.1) is 0 Å². The van der Waals surface area contributed by atoms with Crippen molar-refractivity contribution < 1.29 is 4.39 Å². The third kappa shape index (κ3) is 2.96. The van der Waals surface area contributed by atoms with E-state index in [1.807, 2.05) is 11.9 Å². The van der Waals surface area contributed by atoms with Gasteiger partial charge in [0.2, 0.25) is 0 Å². The van der Waals surface area contributed by atoms with Crippen molar-refractivity contribution in [3.8, 4) is 0 Å². The van der Waals surface area contributed by atoms with Crippen molar-refractivity contribution >= 4 is 11.5 Å². The lowest BCUT2D eigenvalue weighted by Gasteiger charge is -2.31. The smallest absolute Gasteiger partial charge is 0.125 e. The fraction of sp³-hybridized carbons (Fsp3) is 0.462. The average Bonchev–Trinajstić information content (AvgIpc) is 2.26. The molecule has 0 aliphatic heterocycles. The molecule has 1 aromatic rings. The molecular formula is C13H20FN3. The maximum absolute atomic E-state index is 13.2. The van der Waals surface area contributed by atoms with Crippen LogP contribution in [0.3, 0.4) is 0 Å². The summed E-state index contributed by atoms with van der Waals surface area (Å²) < 4.78 is 13.2. The Hall–Kier alpha value is -1.58. The van der Waals surface area contributed by atoms with Crippen molar-refractivity contribution in [2.45, 2.75) is 26.8 Å². The van der Waals surface area contributed by atoms with Gasteiger partial charge in [0.1, 0.15) is 11.7 Å². The number of hydrogen-bond donors (Lipinski definition) is 2. The molecule has 0 aliphatic rings. The highest BCUT2D eigenvalue weighted by molar-refractivity contribution is 6.00. The van der Waals surface area contributed by atoms with Gasteiger partial charge in [-0.25, -0.2) is 4.39 Å². The Morgan fingerprint density at radius 1 is 1.35 bits per heavy atom. The lowest BCUT2D eigenvalue weighted by molar-refractivity contribution is 0.505. The number of amidine groups is 1. The van der Waals surface area contributed by atoms with Gasteiger partial charge in [0, 0.05) is 24.3 Å². The third-order valence-corrected chi connectivity index (χ3v) is 3.20. The molecule has 3 N–H and O–H groups in total. The van der Waals surface area contributed by atoms with E-state index in [0.29, 0.717) is 17.5 Å². The molecule has 0 fully saturated rings.